The number of hydrogen-bond donors (Lipinski definition) is 1. The Morgan fingerprint density at radius 2 is 2.17 bits per heavy atom. The van der Waals surface area contributed by atoms with Gasteiger partial charge in [0.15, 0.2) is 0 Å². The third-order valence-corrected chi connectivity index (χ3v) is 3.82. The summed E-state index contributed by atoms with van der Waals surface area (Å²) < 4.78 is 18.3. The van der Waals surface area contributed by atoms with E-state index in [4.69, 9.17) is 4.74 Å². The van der Waals surface area contributed by atoms with Gasteiger partial charge in [-0.05, 0) is 54.9 Å². The van der Waals surface area contributed by atoms with Gasteiger partial charge in [-0.3, -0.25) is 0 Å². The molecule has 0 bridgehead atoms. The van der Waals surface area contributed by atoms with E-state index < -0.39 is 0 Å². The SMILES string of the molecule is COCCNCC1(Cc2cc(F)ccc2C)CC1. The minimum atomic E-state index is -0.126. The van der Waals surface area contributed by atoms with Crippen LogP contribution in [0, 0.1) is 18.2 Å². The first kappa shape index (κ1) is 13.5. The van der Waals surface area contributed by atoms with Crippen LogP contribution in [0.2, 0.25) is 0 Å². The van der Waals surface area contributed by atoms with Gasteiger partial charge in [0, 0.05) is 20.2 Å². The third-order valence-electron chi connectivity index (χ3n) is 3.82. The lowest BCUT2D eigenvalue weighted by molar-refractivity contribution is 0.197. The van der Waals surface area contributed by atoms with Gasteiger partial charge in [0.2, 0.25) is 0 Å². The average Bonchev–Trinajstić information content (AvgIpc) is 3.10. The summed E-state index contributed by atoms with van der Waals surface area (Å²) in [6.07, 6.45) is 3.46. The number of benzene rings is 1. The first-order valence-electron chi connectivity index (χ1n) is 6.60. The standard InChI is InChI=1S/C15H22FNO/c1-12-3-4-14(16)9-13(12)10-15(5-6-15)11-17-7-8-18-2/h3-4,9,17H,5-8,10-11H2,1-2H3. The largest absolute Gasteiger partial charge is 0.383 e. The summed E-state index contributed by atoms with van der Waals surface area (Å²) in [6, 6.07) is 5.10. The molecule has 0 heterocycles. The van der Waals surface area contributed by atoms with E-state index in [1.165, 1.54) is 24.5 Å². The van der Waals surface area contributed by atoms with Gasteiger partial charge < -0.3 is 10.1 Å². The quantitative estimate of drug-likeness (QED) is 0.752. The van der Waals surface area contributed by atoms with Crippen LogP contribution in [0.5, 0.6) is 0 Å². The van der Waals surface area contributed by atoms with Crippen LogP contribution >= 0.6 is 0 Å². The van der Waals surface area contributed by atoms with Crippen LogP contribution in [0.25, 0.3) is 0 Å². The van der Waals surface area contributed by atoms with Crippen molar-refractivity contribution in [3.63, 3.8) is 0 Å². The second kappa shape index (κ2) is 5.81. The Morgan fingerprint density at radius 1 is 1.39 bits per heavy atom. The summed E-state index contributed by atoms with van der Waals surface area (Å²) in [7, 11) is 1.71. The molecule has 1 saturated carbocycles. The van der Waals surface area contributed by atoms with Crippen molar-refractivity contribution >= 4 is 0 Å². The van der Waals surface area contributed by atoms with Crippen molar-refractivity contribution in [3.05, 3.63) is 35.1 Å². The minimum absolute atomic E-state index is 0.126. The molecule has 100 valence electrons. The number of halogens is 1. The number of nitrogens with one attached hydrogen (secondary N) is 1. The predicted octanol–water partition coefficient (Wildman–Crippen LogP) is 2.69. The normalized spacial score (nSPS) is 16.8. The van der Waals surface area contributed by atoms with Gasteiger partial charge >= 0.3 is 0 Å². The Bertz CT molecular complexity index is 401. The molecule has 0 amide bonds. The maximum absolute atomic E-state index is 13.3. The molecular weight excluding hydrogens is 229 g/mol. The van der Waals surface area contributed by atoms with Crippen LogP contribution in [0.4, 0.5) is 4.39 Å². The second-order valence-corrected chi connectivity index (χ2v) is 5.42. The average molecular weight is 251 g/mol. The van der Waals surface area contributed by atoms with Crippen LogP contribution in [-0.2, 0) is 11.2 Å². The second-order valence-electron chi connectivity index (χ2n) is 5.42. The minimum Gasteiger partial charge on any atom is -0.383 e. The third kappa shape index (κ3) is 3.53. The Balaban J connectivity index is 1.90. The molecule has 1 aromatic rings. The van der Waals surface area contributed by atoms with Crippen molar-refractivity contribution in [3.8, 4) is 0 Å². The number of rotatable bonds is 7. The summed E-state index contributed by atoms with van der Waals surface area (Å²) in [4.78, 5) is 0. The molecule has 1 aromatic carbocycles. The van der Waals surface area contributed by atoms with E-state index >= 15 is 0 Å². The van der Waals surface area contributed by atoms with E-state index in [9.17, 15) is 4.39 Å². The van der Waals surface area contributed by atoms with Crippen molar-refractivity contribution in [2.45, 2.75) is 26.2 Å². The number of hydrogen-bond acceptors (Lipinski definition) is 2. The van der Waals surface area contributed by atoms with Crippen LogP contribution < -0.4 is 5.32 Å². The zero-order valence-corrected chi connectivity index (χ0v) is 11.3. The monoisotopic (exact) mass is 251 g/mol. The number of methoxy groups -OCH3 is 1. The molecule has 1 fully saturated rings. The molecule has 0 radical (unpaired) electrons. The molecule has 1 aliphatic carbocycles. The summed E-state index contributed by atoms with van der Waals surface area (Å²) in [6.45, 7) is 4.70. The summed E-state index contributed by atoms with van der Waals surface area (Å²) >= 11 is 0. The Hall–Kier alpha value is -0.930. The Morgan fingerprint density at radius 3 is 2.83 bits per heavy atom. The molecule has 1 aliphatic rings. The maximum Gasteiger partial charge on any atom is 0.123 e. The van der Waals surface area contributed by atoms with E-state index in [1.54, 1.807) is 13.2 Å². The van der Waals surface area contributed by atoms with Gasteiger partial charge in [0.1, 0.15) is 5.82 Å². The van der Waals surface area contributed by atoms with E-state index in [0.717, 1.165) is 31.7 Å². The highest BCUT2D eigenvalue weighted by Gasteiger charge is 2.42. The van der Waals surface area contributed by atoms with Gasteiger partial charge in [-0.1, -0.05) is 6.07 Å². The van der Waals surface area contributed by atoms with E-state index in [2.05, 4.69) is 12.2 Å². The van der Waals surface area contributed by atoms with Crippen LogP contribution in [-0.4, -0.2) is 26.8 Å². The zero-order chi connectivity index (χ0) is 13.0. The highest BCUT2D eigenvalue weighted by atomic mass is 19.1. The molecular formula is C15H22FNO. The van der Waals surface area contributed by atoms with Gasteiger partial charge in [0.05, 0.1) is 6.61 Å². The summed E-state index contributed by atoms with van der Waals surface area (Å²) in [5.41, 5.74) is 2.70. The number of aryl methyl sites for hydroxylation is 1. The van der Waals surface area contributed by atoms with Gasteiger partial charge in [0.25, 0.3) is 0 Å². The molecule has 0 unspecified atom stereocenters. The fourth-order valence-corrected chi connectivity index (χ4v) is 2.36. The predicted molar refractivity (Wildman–Crippen MR) is 71.3 cm³/mol. The smallest absolute Gasteiger partial charge is 0.123 e. The molecule has 0 aliphatic heterocycles. The first-order valence-corrected chi connectivity index (χ1v) is 6.60. The lowest BCUT2D eigenvalue weighted by Gasteiger charge is -2.17. The van der Waals surface area contributed by atoms with Crippen molar-refractivity contribution in [1.82, 2.24) is 5.32 Å². The molecule has 0 aromatic heterocycles. The zero-order valence-electron chi connectivity index (χ0n) is 11.3. The lowest BCUT2D eigenvalue weighted by Crippen LogP contribution is -2.28. The highest BCUT2D eigenvalue weighted by Crippen LogP contribution is 2.48. The fourth-order valence-electron chi connectivity index (χ4n) is 2.36. The molecule has 0 saturated heterocycles. The van der Waals surface area contributed by atoms with E-state index in [0.29, 0.717) is 5.41 Å². The molecule has 1 N–H and O–H groups in total. The Kier molecular flexibility index (Phi) is 4.36. The molecule has 0 atom stereocenters. The fraction of sp³-hybridized carbons (Fsp3) is 0.600. The van der Waals surface area contributed by atoms with Gasteiger partial charge in [-0.25, -0.2) is 4.39 Å². The molecule has 18 heavy (non-hydrogen) atoms. The maximum atomic E-state index is 13.3. The van der Waals surface area contributed by atoms with Crippen LogP contribution in [0.1, 0.15) is 24.0 Å². The van der Waals surface area contributed by atoms with Crippen LogP contribution in [0.15, 0.2) is 18.2 Å². The summed E-state index contributed by atoms with van der Waals surface area (Å²) in [5, 5.41) is 3.42. The summed E-state index contributed by atoms with van der Waals surface area (Å²) in [5.74, 6) is -0.126. The van der Waals surface area contributed by atoms with Gasteiger partial charge in [-0.15, -0.1) is 0 Å². The van der Waals surface area contributed by atoms with E-state index in [1.807, 2.05) is 6.07 Å². The molecule has 0 spiro atoms. The van der Waals surface area contributed by atoms with Crippen molar-refractivity contribution < 1.29 is 9.13 Å². The first-order chi connectivity index (χ1) is 8.65. The topological polar surface area (TPSA) is 21.3 Å². The molecule has 2 rings (SSSR count). The van der Waals surface area contributed by atoms with Crippen molar-refractivity contribution in [2.75, 3.05) is 26.8 Å². The Labute approximate surface area is 109 Å². The highest BCUT2D eigenvalue weighted by molar-refractivity contribution is 5.28. The van der Waals surface area contributed by atoms with E-state index in [-0.39, 0.29) is 5.82 Å². The molecule has 2 nitrogen and oxygen atoms in total. The molecule has 3 heteroatoms. The lowest BCUT2D eigenvalue weighted by atomic mass is 9.93. The number of ether oxygens (including phenoxy) is 1. The van der Waals surface area contributed by atoms with Gasteiger partial charge in [-0.2, -0.15) is 0 Å². The van der Waals surface area contributed by atoms with Crippen molar-refractivity contribution in [1.29, 1.82) is 0 Å². The van der Waals surface area contributed by atoms with Crippen molar-refractivity contribution in [2.24, 2.45) is 5.41 Å². The van der Waals surface area contributed by atoms with Crippen LogP contribution in [0.3, 0.4) is 0 Å².